The monoisotopic (exact) mass is 253 g/mol. The third-order valence-electron chi connectivity index (χ3n) is 1.79. The van der Waals surface area contributed by atoms with Gasteiger partial charge in [-0.15, -0.1) is 0 Å². The molecule has 0 saturated carbocycles. The first-order valence-electron chi connectivity index (χ1n) is 4.54. The number of nitrogens with zero attached hydrogens (tertiary/aromatic N) is 1. The Hall–Kier alpha value is -2.77. The van der Waals surface area contributed by atoms with Gasteiger partial charge in [0.2, 0.25) is 5.91 Å². The van der Waals surface area contributed by atoms with Crippen LogP contribution < -0.4 is 10.4 Å². The predicted octanol–water partition coefficient (Wildman–Crippen LogP) is -0.0215. The van der Waals surface area contributed by atoms with Gasteiger partial charge in [0, 0.05) is 18.2 Å². The van der Waals surface area contributed by atoms with Crippen LogP contribution in [-0.4, -0.2) is 16.8 Å². The Morgan fingerprint density at radius 3 is 2.56 bits per heavy atom. The van der Waals surface area contributed by atoms with Crippen molar-refractivity contribution in [3.8, 4) is 0 Å². The van der Waals surface area contributed by atoms with Gasteiger partial charge >= 0.3 is 0 Å². The Bertz CT molecular complexity index is 541. The summed E-state index contributed by atoms with van der Waals surface area (Å²) in [5.74, 6) is -3.42. The second-order valence-electron chi connectivity index (χ2n) is 3.06. The number of carboxylic acid groups (broad SMARTS) is 1. The maximum absolute atomic E-state index is 13.2. The van der Waals surface area contributed by atoms with Gasteiger partial charge in [-0.3, -0.25) is 14.9 Å². The molecule has 0 fully saturated rings. The summed E-state index contributed by atoms with van der Waals surface area (Å²) >= 11 is 0. The lowest BCUT2D eigenvalue weighted by molar-refractivity contribution is -0.384. The minimum absolute atomic E-state index is 0.407. The molecule has 18 heavy (non-hydrogen) atoms. The third-order valence-corrected chi connectivity index (χ3v) is 1.79. The number of non-ortho nitro benzene ring substituents is 1. The van der Waals surface area contributed by atoms with Crippen molar-refractivity contribution in [1.82, 2.24) is 0 Å². The Morgan fingerprint density at radius 2 is 2.00 bits per heavy atom. The van der Waals surface area contributed by atoms with E-state index in [1.54, 1.807) is 0 Å². The first-order chi connectivity index (χ1) is 8.40. The van der Waals surface area contributed by atoms with Crippen LogP contribution in [0.4, 0.5) is 15.8 Å². The molecule has 0 aliphatic heterocycles. The predicted molar refractivity (Wildman–Crippen MR) is 55.8 cm³/mol. The van der Waals surface area contributed by atoms with E-state index in [0.29, 0.717) is 12.2 Å². The van der Waals surface area contributed by atoms with Gasteiger partial charge < -0.3 is 15.2 Å². The fourth-order valence-electron chi connectivity index (χ4n) is 1.04. The number of hydrogen-bond acceptors (Lipinski definition) is 5. The van der Waals surface area contributed by atoms with Crippen molar-refractivity contribution in [2.75, 3.05) is 5.32 Å². The van der Waals surface area contributed by atoms with E-state index in [1.165, 1.54) is 0 Å². The van der Waals surface area contributed by atoms with Crippen molar-refractivity contribution >= 4 is 23.3 Å². The molecule has 1 aromatic rings. The fourth-order valence-corrected chi connectivity index (χ4v) is 1.04. The molecule has 0 atom stereocenters. The van der Waals surface area contributed by atoms with Gasteiger partial charge in [0.1, 0.15) is 5.82 Å². The highest BCUT2D eigenvalue weighted by molar-refractivity contribution is 6.02. The van der Waals surface area contributed by atoms with Crippen molar-refractivity contribution in [3.63, 3.8) is 0 Å². The summed E-state index contributed by atoms with van der Waals surface area (Å²) in [6.07, 6.45) is 1.05. The van der Waals surface area contributed by atoms with Crippen LogP contribution in [0.2, 0.25) is 0 Å². The number of hydrogen-bond donors (Lipinski definition) is 1. The second kappa shape index (κ2) is 5.53. The zero-order valence-corrected chi connectivity index (χ0v) is 8.75. The molecule has 0 heterocycles. The van der Waals surface area contributed by atoms with Crippen LogP contribution in [-0.2, 0) is 9.59 Å². The highest BCUT2D eigenvalue weighted by Gasteiger charge is 2.11. The fraction of sp³-hybridized carbons (Fsp3) is 0. The summed E-state index contributed by atoms with van der Waals surface area (Å²) in [4.78, 5) is 30.8. The summed E-state index contributed by atoms with van der Waals surface area (Å²) in [5.41, 5.74) is -0.826. The van der Waals surface area contributed by atoms with Crippen LogP contribution in [0, 0.1) is 15.9 Å². The molecular weight excluding hydrogens is 247 g/mol. The number of halogens is 1. The number of carbonyl (C=O) groups is 2. The van der Waals surface area contributed by atoms with E-state index >= 15 is 0 Å². The van der Waals surface area contributed by atoms with Crippen LogP contribution in [0.25, 0.3) is 0 Å². The van der Waals surface area contributed by atoms with E-state index in [1.807, 2.05) is 5.32 Å². The van der Waals surface area contributed by atoms with Gasteiger partial charge in [0.25, 0.3) is 5.69 Å². The molecule has 0 unspecified atom stereocenters. The molecule has 8 heteroatoms. The summed E-state index contributed by atoms with van der Waals surface area (Å²) < 4.78 is 13.2. The van der Waals surface area contributed by atoms with E-state index in [4.69, 9.17) is 0 Å². The maximum atomic E-state index is 13.2. The van der Waals surface area contributed by atoms with Crippen LogP contribution in [0.15, 0.2) is 30.4 Å². The quantitative estimate of drug-likeness (QED) is 0.460. The maximum Gasteiger partial charge on any atom is 0.271 e. The van der Waals surface area contributed by atoms with Gasteiger partial charge in [-0.2, -0.15) is 0 Å². The number of benzene rings is 1. The summed E-state index contributed by atoms with van der Waals surface area (Å²) in [5, 5.41) is 22.4. The van der Waals surface area contributed by atoms with Crippen LogP contribution in [0.5, 0.6) is 0 Å². The number of carboxylic acids is 1. The van der Waals surface area contributed by atoms with Crippen molar-refractivity contribution in [1.29, 1.82) is 0 Å². The van der Waals surface area contributed by atoms with E-state index in [0.717, 1.165) is 18.2 Å². The first kappa shape index (κ1) is 13.3. The largest absolute Gasteiger partial charge is 0.545 e. The van der Waals surface area contributed by atoms with E-state index < -0.39 is 34.0 Å². The molecule has 1 rings (SSSR count). The molecule has 0 saturated heterocycles. The summed E-state index contributed by atoms with van der Waals surface area (Å²) in [6, 6.07) is 2.57. The topological polar surface area (TPSA) is 112 Å². The van der Waals surface area contributed by atoms with Gasteiger partial charge in [-0.05, 0) is 12.1 Å². The normalized spacial score (nSPS) is 10.3. The van der Waals surface area contributed by atoms with Crippen molar-refractivity contribution in [2.45, 2.75) is 0 Å². The number of anilines is 1. The molecule has 1 aromatic carbocycles. The molecule has 0 aliphatic rings. The number of nitrogens with one attached hydrogen (secondary N) is 1. The lowest BCUT2D eigenvalue weighted by Crippen LogP contribution is -2.20. The SMILES string of the molecule is O=C([O-])C=CC(=O)Nc1cc([N+](=O)[O-])ccc1F. The van der Waals surface area contributed by atoms with Crippen LogP contribution in [0.3, 0.4) is 0 Å². The molecule has 0 bridgehead atoms. The number of amides is 1. The lowest BCUT2D eigenvalue weighted by atomic mass is 10.2. The van der Waals surface area contributed by atoms with E-state index in [9.17, 15) is 29.2 Å². The van der Waals surface area contributed by atoms with Crippen molar-refractivity contribution < 1.29 is 24.0 Å². The number of aliphatic carboxylic acids is 1. The average molecular weight is 253 g/mol. The molecule has 1 amide bonds. The average Bonchev–Trinajstić information content (AvgIpc) is 2.29. The minimum Gasteiger partial charge on any atom is -0.545 e. The second-order valence-corrected chi connectivity index (χ2v) is 3.06. The Morgan fingerprint density at radius 1 is 1.33 bits per heavy atom. The van der Waals surface area contributed by atoms with E-state index in [2.05, 4.69) is 0 Å². The van der Waals surface area contributed by atoms with Crippen LogP contribution in [0.1, 0.15) is 0 Å². The summed E-state index contributed by atoms with van der Waals surface area (Å²) in [7, 11) is 0. The molecular formula is C10H6FN2O5-. The minimum atomic E-state index is -1.59. The van der Waals surface area contributed by atoms with Crippen molar-refractivity contribution in [3.05, 3.63) is 46.3 Å². The zero-order chi connectivity index (χ0) is 13.7. The van der Waals surface area contributed by atoms with Crippen molar-refractivity contribution in [2.24, 2.45) is 0 Å². The van der Waals surface area contributed by atoms with Gasteiger partial charge in [0.15, 0.2) is 0 Å². The summed E-state index contributed by atoms with van der Waals surface area (Å²) in [6.45, 7) is 0. The lowest BCUT2D eigenvalue weighted by Gasteiger charge is -2.03. The van der Waals surface area contributed by atoms with Gasteiger partial charge in [-0.25, -0.2) is 4.39 Å². The third kappa shape index (κ3) is 3.67. The molecule has 0 radical (unpaired) electrons. The van der Waals surface area contributed by atoms with Crippen LogP contribution >= 0.6 is 0 Å². The Labute approximate surface area is 99.7 Å². The Balaban J connectivity index is 2.90. The molecule has 94 valence electrons. The van der Waals surface area contributed by atoms with Gasteiger partial charge in [0.05, 0.1) is 16.6 Å². The molecule has 0 spiro atoms. The first-order valence-corrected chi connectivity index (χ1v) is 4.54. The van der Waals surface area contributed by atoms with E-state index in [-0.39, 0.29) is 0 Å². The molecule has 0 aliphatic carbocycles. The molecule has 1 N–H and O–H groups in total. The zero-order valence-electron chi connectivity index (χ0n) is 8.75. The highest BCUT2D eigenvalue weighted by Crippen LogP contribution is 2.21. The van der Waals surface area contributed by atoms with Gasteiger partial charge in [-0.1, -0.05) is 0 Å². The standard InChI is InChI=1S/C10H7FN2O5/c11-7-2-1-6(13(17)18)5-8(7)12-9(14)3-4-10(15)16/h1-5H,(H,12,14)(H,15,16)/p-1. The number of carbonyl (C=O) groups excluding carboxylic acids is 2. The highest BCUT2D eigenvalue weighted by atomic mass is 19.1. The number of nitro benzene ring substituents is 1. The molecule has 7 nitrogen and oxygen atoms in total. The molecule has 0 aromatic heterocycles. The number of nitro groups is 1. The Kier molecular flexibility index (Phi) is 4.08. The number of rotatable bonds is 4. The smallest absolute Gasteiger partial charge is 0.271 e.